The summed E-state index contributed by atoms with van der Waals surface area (Å²) in [6.07, 6.45) is 1.27. The zero-order chi connectivity index (χ0) is 19.6. The Morgan fingerprint density at radius 3 is 2.59 bits per heavy atom. The van der Waals surface area contributed by atoms with Crippen LogP contribution in [0.5, 0.6) is 5.88 Å². The molecular weight excluding hydrogens is 372 g/mol. The number of aryl methyl sites for hydroxylation is 2. The van der Waals surface area contributed by atoms with Crippen LogP contribution in [0, 0.1) is 24.0 Å². The lowest BCUT2D eigenvalue weighted by molar-refractivity contribution is -0.384. The molecule has 1 aliphatic rings. The molecule has 2 aromatic rings. The van der Waals surface area contributed by atoms with Crippen LogP contribution in [0.25, 0.3) is 0 Å². The third kappa shape index (κ3) is 4.51. The summed E-state index contributed by atoms with van der Waals surface area (Å²) < 4.78 is 5.92. The molecule has 0 atom stereocenters. The summed E-state index contributed by atoms with van der Waals surface area (Å²) in [5, 5.41) is 11.0. The molecule has 0 radical (unpaired) electrons. The summed E-state index contributed by atoms with van der Waals surface area (Å²) in [6.45, 7) is 4.70. The molecule has 1 aromatic carbocycles. The van der Waals surface area contributed by atoms with Gasteiger partial charge in [0.1, 0.15) is 17.0 Å². The Bertz CT molecular complexity index is 861. The van der Waals surface area contributed by atoms with E-state index in [0.717, 1.165) is 5.69 Å². The van der Waals surface area contributed by atoms with Crippen LogP contribution in [0.2, 0.25) is 5.02 Å². The van der Waals surface area contributed by atoms with Crippen LogP contribution in [0.15, 0.2) is 24.3 Å². The number of amides is 1. The maximum Gasteiger partial charge on any atom is 0.288 e. The van der Waals surface area contributed by atoms with Crippen molar-refractivity contribution in [1.82, 2.24) is 14.9 Å². The third-order valence-corrected chi connectivity index (χ3v) is 4.67. The van der Waals surface area contributed by atoms with Gasteiger partial charge in [-0.2, -0.15) is 4.98 Å². The zero-order valence-corrected chi connectivity index (χ0v) is 15.8. The molecular formula is C18H19ClN4O4. The van der Waals surface area contributed by atoms with E-state index in [0.29, 0.717) is 37.6 Å². The van der Waals surface area contributed by atoms with Crippen molar-refractivity contribution in [3.63, 3.8) is 0 Å². The normalized spacial score (nSPS) is 14.9. The molecule has 8 nitrogen and oxygen atoms in total. The predicted molar refractivity (Wildman–Crippen MR) is 99.2 cm³/mol. The minimum Gasteiger partial charge on any atom is -0.474 e. The average molecular weight is 391 g/mol. The summed E-state index contributed by atoms with van der Waals surface area (Å²) in [5.41, 5.74) is 0.831. The number of hydrogen-bond donors (Lipinski definition) is 0. The SMILES string of the molecule is Cc1cc(OC2CCN(C(=O)c3ccc(Cl)c([N+](=O)[O-])c3)CC2)nc(C)n1. The topological polar surface area (TPSA) is 98.5 Å². The Labute approximate surface area is 161 Å². The number of ether oxygens (including phenoxy) is 1. The third-order valence-electron chi connectivity index (χ3n) is 4.35. The second-order valence-electron chi connectivity index (χ2n) is 6.43. The van der Waals surface area contributed by atoms with Crippen molar-refractivity contribution in [3.05, 3.63) is 56.5 Å². The van der Waals surface area contributed by atoms with E-state index in [9.17, 15) is 14.9 Å². The molecule has 3 rings (SSSR count). The molecule has 1 amide bonds. The van der Waals surface area contributed by atoms with Gasteiger partial charge < -0.3 is 9.64 Å². The molecule has 0 saturated carbocycles. The highest BCUT2D eigenvalue weighted by atomic mass is 35.5. The van der Waals surface area contributed by atoms with Gasteiger partial charge in [0.05, 0.1) is 4.92 Å². The predicted octanol–water partition coefficient (Wildman–Crippen LogP) is 3.34. The molecule has 0 bridgehead atoms. The summed E-state index contributed by atoms with van der Waals surface area (Å²) in [6, 6.07) is 5.90. The van der Waals surface area contributed by atoms with E-state index in [1.54, 1.807) is 11.0 Å². The molecule has 2 heterocycles. The van der Waals surface area contributed by atoms with Crippen LogP contribution in [0.3, 0.4) is 0 Å². The first-order valence-electron chi connectivity index (χ1n) is 8.55. The van der Waals surface area contributed by atoms with Crippen molar-refractivity contribution in [2.45, 2.75) is 32.8 Å². The van der Waals surface area contributed by atoms with E-state index in [1.165, 1.54) is 18.2 Å². The van der Waals surface area contributed by atoms with Gasteiger partial charge in [0.2, 0.25) is 5.88 Å². The minimum absolute atomic E-state index is 0.0131. The second kappa shape index (κ2) is 7.87. The molecule has 142 valence electrons. The number of rotatable bonds is 4. The number of nitro benzene ring substituents is 1. The highest BCUT2D eigenvalue weighted by Gasteiger charge is 2.26. The van der Waals surface area contributed by atoms with Crippen molar-refractivity contribution < 1.29 is 14.5 Å². The first kappa shape index (κ1) is 19.0. The Morgan fingerprint density at radius 1 is 1.26 bits per heavy atom. The van der Waals surface area contributed by atoms with Gasteiger partial charge >= 0.3 is 0 Å². The molecule has 27 heavy (non-hydrogen) atoms. The Kier molecular flexibility index (Phi) is 5.55. The molecule has 0 N–H and O–H groups in total. The number of likely N-dealkylation sites (tertiary alicyclic amines) is 1. The van der Waals surface area contributed by atoms with Crippen molar-refractivity contribution >= 4 is 23.2 Å². The Balaban J connectivity index is 1.62. The van der Waals surface area contributed by atoms with Crippen LogP contribution >= 0.6 is 11.6 Å². The standard InChI is InChI=1S/C18H19ClN4O4/c1-11-9-17(21-12(2)20-11)27-14-5-7-22(8-6-14)18(24)13-3-4-15(19)16(10-13)23(25)26/h3-4,9-10,14H,5-8H2,1-2H3. The van der Waals surface area contributed by atoms with E-state index in [2.05, 4.69) is 9.97 Å². The monoisotopic (exact) mass is 390 g/mol. The number of halogens is 1. The molecule has 1 fully saturated rings. The van der Waals surface area contributed by atoms with Crippen LogP contribution in [0.4, 0.5) is 5.69 Å². The number of hydrogen-bond acceptors (Lipinski definition) is 6. The molecule has 0 spiro atoms. The van der Waals surface area contributed by atoms with E-state index in [4.69, 9.17) is 16.3 Å². The maximum atomic E-state index is 12.6. The highest BCUT2D eigenvalue weighted by Crippen LogP contribution is 2.26. The number of nitro groups is 1. The number of piperidine rings is 1. The molecule has 1 aromatic heterocycles. The lowest BCUT2D eigenvalue weighted by atomic mass is 10.1. The maximum absolute atomic E-state index is 12.6. The lowest BCUT2D eigenvalue weighted by Gasteiger charge is -2.32. The Morgan fingerprint density at radius 2 is 1.96 bits per heavy atom. The lowest BCUT2D eigenvalue weighted by Crippen LogP contribution is -2.41. The summed E-state index contributed by atoms with van der Waals surface area (Å²) >= 11 is 5.81. The number of benzene rings is 1. The highest BCUT2D eigenvalue weighted by molar-refractivity contribution is 6.32. The Hall–Kier alpha value is -2.74. The summed E-state index contributed by atoms with van der Waals surface area (Å²) in [7, 11) is 0. The fourth-order valence-electron chi connectivity index (χ4n) is 3.06. The van der Waals surface area contributed by atoms with Crippen molar-refractivity contribution in [2.24, 2.45) is 0 Å². The van der Waals surface area contributed by atoms with Gasteiger partial charge in [-0.1, -0.05) is 11.6 Å². The van der Waals surface area contributed by atoms with Crippen molar-refractivity contribution in [3.8, 4) is 5.88 Å². The fraction of sp³-hybridized carbons (Fsp3) is 0.389. The number of carbonyl (C=O) groups is 1. The summed E-state index contributed by atoms with van der Waals surface area (Å²) in [4.78, 5) is 33.2. The molecule has 1 aliphatic heterocycles. The van der Waals surface area contributed by atoms with E-state index in [-0.39, 0.29) is 28.3 Å². The molecule has 9 heteroatoms. The minimum atomic E-state index is -0.592. The number of carbonyl (C=O) groups excluding carboxylic acids is 1. The van der Waals surface area contributed by atoms with Gasteiger partial charge in [-0.25, -0.2) is 4.98 Å². The second-order valence-corrected chi connectivity index (χ2v) is 6.83. The van der Waals surface area contributed by atoms with Crippen LogP contribution in [-0.2, 0) is 0 Å². The zero-order valence-electron chi connectivity index (χ0n) is 15.0. The van der Waals surface area contributed by atoms with Gasteiger partial charge in [-0.3, -0.25) is 14.9 Å². The van der Waals surface area contributed by atoms with Crippen LogP contribution in [0.1, 0.15) is 34.7 Å². The first-order chi connectivity index (χ1) is 12.8. The van der Waals surface area contributed by atoms with Gasteiger partial charge in [0.15, 0.2) is 0 Å². The van der Waals surface area contributed by atoms with Crippen LogP contribution < -0.4 is 4.74 Å². The summed E-state index contributed by atoms with van der Waals surface area (Å²) in [5.74, 6) is 0.946. The van der Waals surface area contributed by atoms with E-state index >= 15 is 0 Å². The van der Waals surface area contributed by atoms with Gasteiger partial charge in [0.25, 0.3) is 11.6 Å². The fourth-order valence-corrected chi connectivity index (χ4v) is 3.25. The van der Waals surface area contributed by atoms with Crippen LogP contribution in [-0.4, -0.2) is 44.9 Å². The van der Waals surface area contributed by atoms with E-state index in [1.807, 2.05) is 13.8 Å². The largest absolute Gasteiger partial charge is 0.474 e. The molecule has 1 saturated heterocycles. The molecule has 0 aliphatic carbocycles. The average Bonchev–Trinajstić information content (AvgIpc) is 2.61. The van der Waals surface area contributed by atoms with Crippen molar-refractivity contribution in [1.29, 1.82) is 0 Å². The quantitative estimate of drug-likeness (QED) is 0.586. The van der Waals surface area contributed by atoms with Crippen molar-refractivity contribution in [2.75, 3.05) is 13.1 Å². The first-order valence-corrected chi connectivity index (χ1v) is 8.93. The van der Waals surface area contributed by atoms with E-state index < -0.39 is 4.92 Å². The molecule has 0 unspecified atom stereocenters. The number of aromatic nitrogens is 2. The van der Waals surface area contributed by atoms with Gasteiger partial charge in [-0.15, -0.1) is 0 Å². The number of nitrogens with zero attached hydrogens (tertiary/aromatic N) is 4. The van der Waals surface area contributed by atoms with Gasteiger partial charge in [-0.05, 0) is 26.0 Å². The smallest absolute Gasteiger partial charge is 0.288 e. The van der Waals surface area contributed by atoms with Gasteiger partial charge in [0, 0.05) is 49.3 Å².